The van der Waals surface area contributed by atoms with E-state index in [0.717, 1.165) is 0 Å². The summed E-state index contributed by atoms with van der Waals surface area (Å²) >= 11 is 0. The zero-order valence-corrected chi connectivity index (χ0v) is 8.49. The standard InChI is InChI=1S/C10H14N2O2/c1-7(2)6-12-4-3-8(5-11)9(13)10(12)14/h7-8H,3-4,6H2,1-2H3/t8-/m0/s1. The van der Waals surface area contributed by atoms with Crippen molar-refractivity contribution in [3.63, 3.8) is 0 Å². The van der Waals surface area contributed by atoms with Crippen LogP contribution in [0.4, 0.5) is 0 Å². The highest BCUT2D eigenvalue weighted by molar-refractivity contribution is 6.38. The number of piperidine rings is 1. The zero-order valence-electron chi connectivity index (χ0n) is 8.49. The van der Waals surface area contributed by atoms with Gasteiger partial charge in [-0.25, -0.2) is 0 Å². The van der Waals surface area contributed by atoms with Gasteiger partial charge in [0.1, 0.15) is 5.92 Å². The van der Waals surface area contributed by atoms with Crippen molar-refractivity contribution < 1.29 is 9.59 Å². The number of amides is 1. The fourth-order valence-corrected chi connectivity index (χ4v) is 1.56. The Morgan fingerprint density at radius 3 is 2.71 bits per heavy atom. The Labute approximate surface area is 83.5 Å². The van der Waals surface area contributed by atoms with E-state index in [-0.39, 0.29) is 0 Å². The van der Waals surface area contributed by atoms with Crippen LogP contribution >= 0.6 is 0 Å². The van der Waals surface area contributed by atoms with Crippen LogP contribution in [0.15, 0.2) is 0 Å². The van der Waals surface area contributed by atoms with Gasteiger partial charge in [-0.05, 0) is 12.3 Å². The summed E-state index contributed by atoms with van der Waals surface area (Å²) in [7, 11) is 0. The lowest BCUT2D eigenvalue weighted by molar-refractivity contribution is -0.149. The summed E-state index contributed by atoms with van der Waals surface area (Å²) in [5.41, 5.74) is 0. The number of hydrogen-bond acceptors (Lipinski definition) is 3. The number of likely N-dealkylation sites (tertiary alicyclic amines) is 1. The van der Waals surface area contributed by atoms with Gasteiger partial charge in [0.2, 0.25) is 5.78 Å². The van der Waals surface area contributed by atoms with Crippen molar-refractivity contribution in [2.24, 2.45) is 11.8 Å². The summed E-state index contributed by atoms with van der Waals surface area (Å²) in [6, 6.07) is 1.86. The van der Waals surface area contributed by atoms with Gasteiger partial charge in [0.25, 0.3) is 5.91 Å². The van der Waals surface area contributed by atoms with E-state index in [1.165, 1.54) is 0 Å². The highest BCUT2D eigenvalue weighted by Crippen LogP contribution is 2.15. The fraction of sp³-hybridized carbons (Fsp3) is 0.700. The van der Waals surface area contributed by atoms with Gasteiger partial charge in [0, 0.05) is 13.1 Å². The molecule has 0 radical (unpaired) electrons. The van der Waals surface area contributed by atoms with Gasteiger partial charge in [0.15, 0.2) is 0 Å². The van der Waals surface area contributed by atoms with Crippen molar-refractivity contribution in [3.05, 3.63) is 0 Å². The van der Waals surface area contributed by atoms with Crippen LogP contribution in [0.25, 0.3) is 0 Å². The minimum Gasteiger partial charge on any atom is -0.336 e. The van der Waals surface area contributed by atoms with Gasteiger partial charge in [0.05, 0.1) is 6.07 Å². The minimum absolute atomic E-state index is 0.352. The Bertz CT molecular complexity index is 291. The molecule has 1 fully saturated rings. The number of hydrogen-bond donors (Lipinski definition) is 0. The van der Waals surface area contributed by atoms with Crippen LogP contribution in [0, 0.1) is 23.2 Å². The molecule has 4 nitrogen and oxygen atoms in total. The fourth-order valence-electron chi connectivity index (χ4n) is 1.56. The summed E-state index contributed by atoms with van der Waals surface area (Å²) in [5, 5.41) is 8.61. The number of carbonyl (C=O) groups excluding carboxylic acids is 2. The molecule has 1 saturated heterocycles. The van der Waals surface area contributed by atoms with Crippen LogP contribution in [0.5, 0.6) is 0 Å². The number of Topliss-reactive ketones (excluding diaryl/α,β-unsaturated/α-hetero) is 1. The van der Waals surface area contributed by atoms with Crippen LogP contribution in [-0.2, 0) is 9.59 Å². The molecule has 0 unspecified atom stereocenters. The maximum absolute atomic E-state index is 11.5. The van der Waals surface area contributed by atoms with Gasteiger partial charge in [-0.3, -0.25) is 9.59 Å². The number of carbonyl (C=O) groups is 2. The SMILES string of the molecule is CC(C)CN1CC[C@@H](C#N)C(=O)C1=O. The predicted molar refractivity (Wildman–Crippen MR) is 50.1 cm³/mol. The van der Waals surface area contributed by atoms with Crippen molar-refractivity contribution in [1.82, 2.24) is 4.90 Å². The van der Waals surface area contributed by atoms with E-state index in [2.05, 4.69) is 0 Å². The first kappa shape index (κ1) is 10.7. The van der Waals surface area contributed by atoms with E-state index in [4.69, 9.17) is 5.26 Å². The number of ketones is 1. The van der Waals surface area contributed by atoms with Gasteiger partial charge in [-0.1, -0.05) is 13.8 Å². The lowest BCUT2D eigenvalue weighted by atomic mass is 9.96. The van der Waals surface area contributed by atoms with Gasteiger partial charge >= 0.3 is 0 Å². The second kappa shape index (κ2) is 4.23. The molecule has 0 aliphatic carbocycles. The number of nitriles is 1. The maximum Gasteiger partial charge on any atom is 0.291 e. The molecule has 0 aromatic heterocycles. The van der Waals surface area contributed by atoms with Gasteiger partial charge in [-0.2, -0.15) is 5.26 Å². The molecule has 1 amide bonds. The molecule has 1 heterocycles. The molecule has 14 heavy (non-hydrogen) atoms. The van der Waals surface area contributed by atoms with Crippen molar-refractivity contribution in [3.8, 4) is 6.07 Å². The Morgan fingerprint density at radius 2 is 2.21 bits per heavy atom. The van der Waals surface area contributed by atoms with Gasteiger partial charge < -0.3 is 4.90 Å². The molecule has 0 aromatic rings. The molecule has 0 bridgehead atoms. The van der Waals surface area contributed by atoms with Gasteiger partial charge in [-0.15, -0.1) is 0 Å². The monoisotopic (exact) mass is 194 g/mol. The second-order valence-corrected chi connectivity index (χ2v) is 3.98. The third-order valence-electron chi connectivity index (χ3n) is 2.24. The first-order valence-corrected chi connectivity index (χ1v) is 4.79. The summed E-state index contributed by atoms with van der Waals surface area (Å²) in [6.45, 7) is 5.12. The lowest BCUT2D eigenvalue weighted by Crippen LogP contribution is -2.47. The summed E-state index contributed by atoms with van der Waals surface area (Å²) < 4.78 is 0. The Balaban J connectivity index is 2.66. The molecule has 1 aliphatic heterocycles. The lowest BCUT2D eigenvalue weighted by Gasteiger charge is -2.29. The molecule has 1 aliphatic rings. The van der Waals surface area contributed by atoms with E-state index in [0.29, 0.717) is 25.4 Å². The normalized spacial score (nSPS) is 22.7. The smallest absolute Gasteiger partial charge is 0.291 e. The highest BCUT2D eigenvalue weighted by Gasteiger charge is 2.34. The minimum atomic E-state index is -0.717. The molecule has 0 N–H and O–H groups in total. The number of nitrogens with zero attached hydrogens (tertiary/aromatic N) is 2. The topological polar surface area (TPSA) is 61.2 Å². The Morgan fingerprint density at radius 1 is 1.57 bits per heavy atom. The van der Waals surface area contributed by atoms with Crippen molar-refractivity contribution >= 4 is 11.7 Å². The van der Waals surface area contributed by atoms with Crippen LogP contribution in [0.1, 0.15) is 20.3 Å². The average Bonchev–Trinajstić information content (AvgIpc) is 2.13. The Kier molecular flexibility index (Phi) is 3.23. The number of rotatable bonds is 2. The molecule has 4 heteroatoms. The molecule has 0 spiro atoms. The van der Waals surface area contributed by atoms with Crippen molar-refractivity contribution in [1.29, 1.82) is 5.26 Å². The third-order valence-corrected chi connectivity index (χ3v) is 2.24. The van der Waals surface area contributed by atoms with Crippen LogP contribution in [-0.4, -0.2) is 29.7 Å². The van der Waals surface area contributed by atoms with E-state index in [1.807, 2.05) is 19.9 Å². The first-order chi connectivity index (χ1) is 6.56. The average molecular weight is 194 g/mol. The maximum atomic E-state index is 11.5. The van der Waals surface area contributed by atoms with E-state index >= 15 is 0 Å². The van der Waals surface area contributed by atoms with E-state index in [9.17, 15) is 9.59 Å². The Hall–Kier alpha value is -1.37. The summed E-state index contributed by atoms with van der Waals surface area (Å²) in [5.74, 6) is -1.40. The highest BCUT2D eigenvalue weighted by atomic mass is 16.2. The van der Waals surface area contributed by atoms with Crippen molar-refractivity contribution in [2.45, 2.75) is 20.3 Å². The summed E-state index contributed by atoms with van der Waals surface area (Å²) in [6.07, 6.45) is 0.480. The van der Waals surface area contributed by atoms with Crippen LogP contribution < -0.4 is 0 Å². The van der Waals surface area contributed by atoms with Crippen molar-refractivity contribution in [2.75, 3.05) is 13.1 Å². The molecule has 0 aromatic carbocycles. The molecule has 1 rings (SSSR count). The first-order valence-electron chi connectivity index (χ1n) is 4.79. The molecular weight excluding hydrogens is 180 g/mol. The molecular formula is C10H14N2O2. The van der Waals surface area contributed by atoms with Crippen LogP contribution in [0.2, 0.25) is 0 Å². The second-order valence-electron chi connectivity index (χ2n) is 3.98. The predicted octanol–water partition coefficient (Wildman–Crippen LogP) is 0.584. The van der Waals surface area contributed by atoms with Crippen LogP contribution in [0.3, 0.4) is 0 Å². The molecule has 0 saturated carbocycles. The van der Waals surface area contributed by atoms with E-state index in [1.54, 1.807) is 4.90 Å². The largest absolute Gasteiger partial charge is 0.336 e. The quantitative estimate of drug-likeness (QED) is 0.604. The zero-order chi connectivity index (χ0) is 10.7. The summed E-state index contributed by atoms with van der Waals surface area (Å²) in [4.78, 5) is 24.3. The molecule has 1 atom stereocenters. The molecule has 76 valence electrons. The third kappa shape index (κ3) is 2.11. The van der Waals surface area contributed by atoms with E-state index < -0.39 is 17.6 Å².